The molecule has 0 radical (unpaired) electrons. The van der Waals surface area contributed by atoms with Gasteiger partial charge in [-0.25, -0.2) is 9.97 Å². The zero-order valence-corrected chi connectivity index (χ0v) is 12.3. The molecule has 5 heteroatoms. The molecule has 0 fully saturated rings. The van der Waals surface area contributed by atoms with Gasteiger partial charge >= 0.3 is 0 Å². The van der Waals surface area contributed by atoms with Crippen molar-refractivity contribution in [2.75, 3.05) is 25.0 Å². The van der Waals surface area contributed by atoms with E-state index in [0.29, 0.717) is 5.28 Å². The molecule has 0 aromatic carbocycles. The molecule has 1 N–H and O–H groups in total. The Labute approximate surface area is 114 Å². The van der Waals surface area contributed by atoms with Crippen LogP contribution in [0, 0.1) is 5.41 Å². The van der Waals surface area contributed by atoms with Crippen LogP contribution in [0.2, 0.25) is 5.28 Å². The van der Waals surface area contributed by atoms with Crippen LogP contribution in [0.4, 0.5) is 5.82 Å². The van der Waals surface area contributed by atoms with E-state index in [1.807, 2.05) is 0 Å². The van der Waals surface area contributed by atoms with E-state index in [2.05, 4.69) is 48.0 Å². The van der Waals surface area contributed by atoms with Crippen molar-refractivity contribution < 1.29 is 0 Å². The van der Waals surface area contributed by atoms with Gasteiger partial charge in [0.15, 0.2) is 0 Å². The third kappa shape index (κ3) is 3.12. The number of rotatable bonds is 2. The third-order valence-electron chi connectivity index (χ3n) is 2.96. The summed E-state index contributed by atoms with van der Waals surface area (Å²) in [5.41, 5.74) is 2.50. The van der Waals surface area contributed by atoms with E-state index in [1.165, 1.54) is 5.56 Å². The maximum Gasteiger partial charge on any atom is 0.224 e. The lowest BCUT2D eigenvalue weighted by atomic mass is 9.96. The Morgan fingerprint density at radius 3 is 2.72 bits per heavy atom. The maximum atomic E-state index is 6.03. The van der Waals surface area contributed by atoms with Crippen molar-refractivity contribution in [3.05, 3.63) is 16.5 Å². The summed E-state index contributed by atoms with van der Waals surface area (Å²) >= 11 is 6.03. The molecule has 0 unspecified atom stereocenters. The molecule has 0 spiro atoms. The SMILES string of the molecule is CN(CC(C)(C)C)c1nc(Cl)nc2c1CNCC2. The molecular formula is C13H21ClN4. The second kappa shape index (κ2) is 5.02. The molecule has 0 saturated heterocycles. The fourth-order valence-electron chi connectivity index (χ4n) is 2.40. The number of nitrogens with one attached hydrogen (secondary N) is 1. The van der Waals surface area contributed by atoms with Crippen molar-refractivity contribution in [3.8, 4) is 0 Å². The molecule has 4 nitrogen and oxygen atoms in total. The van der Waals surface area contributed by atoms with Gasteiger partial charge in [-0.3, -0.25) is 0 Å². The van der Waals surface area contributed by atoms with Crippen LogP contribution in [-0.4, -0.2) is 30.1 Å². The zero-order chi connectivity index (χ0) is 13.3. The normalized spacial score (nSPS) is 15.4. The van der Waals surface area contributed by atoms with Crippen LogP contribution in [0.15, 0.2) is 0 Å². The van der Waals surface area contributed by atoms with Crippen LogP contribution in [0.25, 0.3) is 0 Å². The predicted octanol–water partition coefficient (Wildman–Crippen LogP) is 2.26. The maximum absolute atomic E-state index is 6.03. The van der Waals surface area contributed by atoms with Crippen molar-refractivity contribution >= 4 is 17.4 Å². The number of nitrogens with zero attached hydrogens (tertiary/aromatic N) is 3. The molecule has 0 bridgehead atoms. The van der Waals surface area contributed by atoms with Crippen LogP contribution >= 0.6 is 11.6 Å². The molecule has 18 heavy (non-hydrogen) atoms. The van der Waals surface area contributed by atoms with Crippen molar-refractivity contribution in [2.45, 2.75) is 33.7 Å². The predicted molar refractivity (Wildman–Crippen MR) is 75.2 cm³/mol. The molecule has 1 aromatic heterocycles. The molecule has 1 aliphatic heterocycles. The first kappa shape index (κ1) is 13.6. The molecule has 100 valence electrons. The van der Waals surface area contributed by atoms with E-state index in [1.54, 1.807) is 0 Å². The van der Waals surface area contributed by atoms with E-state index in [9.17, 15) is 0 Å². The first-order valence-electron chi connectivity index (χ1n) is 6.34. The second-order valence-corrected chi connectivity index (χ2v) is 6.42. The first-order valence-corrected chi connectivity index (χ1v) is 6.72. The van der Waals surface area contributed by atoms with Gasteiger partial charge in [0.2, 0.25) is 5.28 Å². The quantitative estimate of drug-likeness (QED) is 0.836. The summed E-state index contributed by atoms with van der Waals surface area (Å²) in [5.74, 6) is 0.965. The molecule has 0 aliphatic carbocycles. The minimum atomic E-state index is 0.223. The van der Waals surface area contributed by atoms with Gasteiger partial charge in [0, 0.05) is 38.7 Å². The molecule has 2 heterocycles. The minimum Gasteiger partial charge on any atom is -0.359 e. The van der Waals surface area contributed by atoms with Crippen molar-refractivity contribution in [3.63, 3.8) is 0 Å². The van der Waals surface area contributed by atoms with Crippen molar-refractivity contribution in [1.29, 1.82) is 0 Å². The van der Waals surface area contributed by atoms with E-state index < -0.39 is 0 Å². The summed E-state index contributed by atoms with van der Waals surface area (Å²) in [5, 5.41) is 3.72. The monoisotopic (exact) mass is 268 g/mol. The number of halogens is 1. The fourth-order valence-corrected chi connectivity index (χ4v) is 2.58. The highest BCUT2D eigenvalue weighted by molar-refractivity contribution is 6.28. The zero-order valence-electron chi connectivity index (χ0n) is 11.5. The van der Waals surface area contributed by atoms with Gasteiger partial charge < -0.3 is 10.2 Å². The fraction of sp³-hybridized carbons (Fsp3) is 0.692. The standard InChI is InChI=1S/C13H21ClN4/c1-13(2,3)8-18(4)11-9-7-15-6-5-10(9)16-12(14)17-11/h15H,5-8H2,1-4H3. The van der Waals surface area contributed by atoms with Gasteiger partial charge in [0.25, 0.3) is 0 Å². The van der Waals surface area contributed by atoms with E-state index in [-0.39, 0.29) is 5.41 Å². The van der Waals surface area contributed by atoms with E-state index in [0.717, 1.165) is 37.6 Å². The van der Waals surface area contributed by atoms with Crippen LogP contribution in [-0.2, 0) is 13.0 Å². The summed E-state index contributed by atoms with van der Waals surface area (Å²) in [6, 6.07) is 0. The minimum absolute atomic E-state index is 0.223. The Morgan fingerprint density at radius 2 is 2.06 bits per heavy atom. The summed E-state index contributed by atoms with van der Waals surface area (Å²) in [6.07, 6.45) is 0.925. The molecule has 0 amide bonds. The number of hydrogen-bond acceptors (Lipinski definition) is 4. The lowest BCUT2D eigenvalue weighted by molar-refractivity contribution is 0.417. The molecular weight excluding hydrogens is 248 g/mol. The lowest BCUT2D eigenvalue weighted by Crippen LogP contribution is -2.33. The van der Waals surface area contributed by atoms with Crippen LogP contribution < -0.4 is 10.2 Å². The van der Waals surface area contributed by atoms with Crippen molar-refractivity contribution in [1.82, 2.24) is 15.3 Å². The Balaban J connectivity index is 2.34. The molecule has 1 aromatic rings. The largest absolute Gasteiger partial charge is 0.359 e. The van der Waals surface area contributed by atoms with Crippen molar-refractivity contribution in [2.24, 2.45) is 5.41 Å². The molecule has 1 aliphatic rings. The lowest BCUT2D eigenvalue weighted by Gasteiger charge is -2.30. The number of fused-ring (bicyclic) bond motifs is 1. The highest BCUT2D eigenvalue weighted by Crippen LogP contribution is 2.26. The number of aromatic nitrogens is 2. The molecule has 0 saturated carbocycles. The van der Waals surface area contributed by atoms with Gasteiger partial charge in [-0.15, -0.1) is 0 Å². The van der Waals surface area contributed by atoms with E-state index >= 15 is 0 Å². The Hall–Kier alpha value is -0.870. The summed E-state index contributed by atoms with van der Waals surface area (Å²) in [4.78, 5) is 10.9. The van der Waals surface area contributed by atoms with Gasteiger partial charge in [-0.2, -0.15) is 0 Å². The molecule has 2 rings (SSSR count). The highest BCUT2D eigenvalue weighted by Gasteiger charge is 2.22. The summed E-state index contributed by atoms with van der Waals surface area (Å²) in [7, 11) is 2.07. The Kier molecular flexibility index (Phi) is 3.78. The smallest absolute Gasteiger partial charge is 0.224 e. The average Bonchev–Trinajstić information content (AvgIpc) is 2.25. The summed E-state index contributed by atoms with van der Waals surface area (Å²) in [6.45, 7) is 9.39. The summed E-state index contributed by atoms with van der Waals surface area (Å²) < 4.78 is 0. The van der Waals surface area contributed by atoms with Crippen LogP contribution in [0.3, 0.4) is 0 Å². The van der Waals surface area contributed by atoms with Gasteiger partial charge in [0.1, 0.15) is 5.82 Å². The Morgan fingerprint density at radius 1 is 1.33 bits per heavy atom. The average molecular weight is 269 g/mol. The highest BCUT2D eigenvalue weighted by atomic mass is 35.5. The van der Waals surface area contributed by atoms with E-state index in [4.69, 9.17) is 11.6 Å². The van der Waals surface area contributed by atoms with Crippen LogP contribution in [0.5, 0.6) is 0 Å². The van der Waals surface area contributed by atoms with Crippen LogP contribution in [0.1, 0.15) is 32.0 Å². The molecule has 0 atom stereocenters. The Bertz CT molecular complexity index is 439. The second-order valence-electron chi connectivity index (χ2n) is 6.08. The van der Waals surface area contributed by atoms with Gasteiger partial charge in [-0.1, -0.05) is 20.8 Å². The number of hydrogen-bond donors (Lipinski definition) is 1. The first-order chi connectivity index (χ1) is 8.37. The number of anilines is 1. The van der Waals surface area contributed by atoms with Gasteiger partial charge in [-0.05, 0) is 17.0 Å². The van der Waals surface area contributed by atoms with Gasteiger partial charge in [0.05, 0.1) is 5.69 Å². The topological polar surface area (TPSA) is 41.1 Å². The third-order valence-corrected chi connectivity index (χ3v) is 3.13.